The molecule has 0 aromatic heterocycles. The van der Waals surface area contributed by atoms with Crippen LogP contribution < -0.4 is 0 Å². The van der Waals surface area contributed by atoms with Crippen molar-refractivity contribution in [2.45, 2.75) is 63.5 Å². The molecule has 0 radical (unpaired) electrons. The first kappa shape index (κ1) is 18.6. The lowest BCUT2D eigenvalue weighted by Gasteiger charge is -2.24. The van der Waals surface area contributed by atoms with E-state index in [4.69, 9.17) is 4.55 Å². The van der Waals surface area contributed by atoms with Crippen LogP contribution in [0, 0.1) is 5.92 Å². The van der Waals surface area contributed by atoms with Crippen LogP contribution in [0.25, 0.3) is 0 Å². The molecule has 0 rings (SSSR count). The van der Waals surface area contributed by atoms with Gasteiger partial charge in [-0.2, -0.15) is 21.6 Å². The van der Waals surface area contributed by atoms with E-state index in [0.29, 0.717) is 19.3 Å². The summed E-state index contributed by atoms with van der Waals surface area (Å²) < 4.78 is 79.6. The molecular weight excluding hydrogens is 288 g/mol. The molecule has 0 saturated heterocycles. The molecule has 0 aromatic carbocycles. The molecule has 19 heavy (non-hydrogen) atoms. The molecular formula is C11H20F4O3S. The Labute approximate surface area is 111 Å². The number of hydrogen-bond donors (Lipinski definition) is 1. The predicted octanol–water partition coefficient (Wildman–Crippen LogP) is 4.10. The molecule has 0 aromatic rings. The molecule has 0 saturated carbocycles. The minimum Gasteiger partial charge on any atom is -0.283 e. The van der Waals surface area contributed by atoms with E-state index in [0.717, 1.165) is 6.92 Å². The lowest BCUT2D eigenvalue weighted by molar-refractivity contribution is -0.135. The third kappa shape index (κ3) is 7.10. The Morgan fingerprint density at radius 2 is 1.53 bits per heavy atom. The van der Waals surface area contributed by atoms with Gasteiger partial charge in [-0.25, -0.2) is 4.39 Å². The summed E-state index contributed by atoms with van der Waals surface area (Å²) in [5.41, 5.74) is 0. The van der Waals surface area contributed by atoms with Crippen LogP contribution >= 0.6 is 0 Å². The quantitative estimate of drug-likeness (QED) is 0.417. The minimum absolute atomic E-state index is 0.0169. The van der Waals surface area contributed by atoms with E-state index < -0.39 is 33.6 Å². The number of hydrogen-bond acceptors (Lipinski definition) is 2. The van der Waals surface area contributed by atoms with Crippen LogP contribution in [0.1, 0.15) is 52.4 Å². The van der Waals surface area contributed by atoms with E-state index in [1.165, 1.54) is 6.92 Å². The van der Waals surface area contributed by atoms with Gasteiger partial charge in [0.15, 0.2) is 0 Å². The molecule has 3 nitrogen and oxygen atoms in total. The van der Waals surface area contributed by atoms with Crippen molar-refractivity contribution < 1.29 is 30.5 Å². The van der Waals surface area contributed by atoms with E-state index >= 15 is 0 Å². The Balaban J connectivity index is 3.91. The Morgan fingerprint density at radius 3 is 1.95 bits per heavy atom. The van der Waals surface area contributed by atoms with Crippen LogP contribution in [0.3, 0.4) is 0 Å². The summed E-state index contributed by atoms with van der Waals surface area (Å²) in [4.78, 5) is 0. The van der Waals surface area contributed by atoms with Crippen molar-refractivity contribution in [2.24, 2.45) is 5.92 Å². The summed E-state index contributed by atoms with van der Waals surface area (Å²) >= 11 is 0. The topological polar surface area (TPSA) is 54.4 Å². The smallest absolute Gasteiger partial charge is 0.283 e. The highest BCUT2D eigenvalue weighted by atomic mass is 32.2. The third-order valence-corrected chi connectivity index (χ3v) is 4.64. The van der Waals surface area contributed by atoms with E-state index in [-0.39, 0.29) is 12.8 Å². The Hall–Kier alpha value is -0.370. The maximum absolute atomic E-state index is 13.7. The summed E-state index contributed by atoms with van der Waals surface area (Å²) in [6.07, 6.45) is -3.52. The van der Waals surface area contributed by atoms with Crippen LogP contribution in [0.4, 0.5) is 17.6 Å². The van der Waals surface area contributed by atoms with Crippen molar-refractivity contribution in [3.8, 4) is 0 Å². The molecule has 0 aliphatic rings. The van der Waals surface area contributed by atoms with Crippen molar-refractivity contribution in [2.75, 3.05) is 0 Å². The maximum Gasteiger partial charge on any atom is 0.389 e. The molecule has 0 spiro atoms. The zero-order valence-corrected chi connectivity index (χ0v) is 11.8. The van der Waals surface area contributed by atoms with E-state index in [2.05, 4.69) is 0 Å². The molecule has 0 bridgehead atoms. The van der Waals surface area contributed by atoms with Gasteiger partial charge in [0, 0.05) is 12.3 Å². The molecule has 116 valence electrons. The van der Waals surface area contributed by atoms with Crippen molar-refractivity contribution in [3.05, 3.63) is 0 Å². The van der Waals surface area contributed by atoms with E-state index in [1.807, 2.05) is 0 Å². The fourth-order valence-corrected chi connectivity index (χ4v) is 2.27. The minimum atomic E-state index is -4.78. The fourth-order valence-electron chi connectivity index (χ4n) is 1.64. The molecule has 2 unspecified atom stereocenters. The highest BCUT2D eigenvalue weighted by molar-refractivity contribution is 7.87. The van der Waals surface area contributed by atoms with E-state index in [9.17, 15) is 26.0 Å². The Kier molecular flexibility index (Phi) is 6.74. The zero-order chi connectivity index (χ0) is 15.3. The van der Waals surface area contributed by atoms with Gasteiger partial charge in [0.2, 0.25) is 5.00 Å². The van der Waals surface area contributed by atoms with Crippen molar-refractivity contribution in [1.82, 2.24) is 0 Å². The number of rotatable bonds is 8. The average Bonchev–Trinajstić information content (AvgIpc) is 2.19. The van der Waals surface area contributed by atoms with Gasteiger partial charge in [-0.3, -0.25) is 4.55 Å². The number of halogens is 4. The SMILES string of the molecule is CC(CCCCCCC(F)(F)F)C(C)(F)S(=O)(=O)O. The molecule has 0 amide bonds. The van der Waals surface area contributed by atoms with Gasteiger partial charge in [-0.1, -0.05) is 26.2 Å². The lowest BCUT2D eigenvalue weighted by Crippen LogP contribution is -2.36. The van der Waals surface area contributed by atoms with Crippen LogP contribution in [0.15, 0.2) is 0 Å². The van der Waals surface area contributed by atoms with E-state index in [1.54, 1.807) is 0 Å². The van der Waals surface area contributed by atoms with Crippen LogP contribution in [0.5, 0.6) is 0 Å². The van der Waals surface area contributed by atoms with Crippen molar-refractivity contribution in [3.63, 3.8) is 0 Å². The highest BCUT2D eigenvalue weighted by Crippen LogP contribution is 2.31. The van der Waals surface area contributed by atoms with Crippen LogP contribution in [-0.4, -0.2) is 24.1 Å². The first-order valence-corrected chi connectivity index (χ1v) is 7.54. The van der Waals surface area contributed by atoms with Gasteiger partial charge in [0.25, 0.3) is 10.1 Å². The summed E-state index contributed by atoms with van der Waals surface area (Å²) in [6, 6.07) is 0. The van der Waals surface area contributed by atoms with Gasteiger partial charge in [-0.15, -0.1) is 0 Å². The normalized spacial score (nSPS) is 18.1. The van der Waals surface area contributed by atoms with Gasteiger partial charge in [-0.05, 0) is 19.8 Å². The largest absolute Gasteiger partial charge is 0.389 e. The van der Waals surface area contributed by atoms with Gasteiger partial charge in [0.05, 0.1) is 0 Å². The first-order chi connectivity index (χ1) is 8.38. The van der Waals surface area contributed by atoms with Crippen molar-refractivity contribution in [1.29, 1.82) is 0 Å². The second-order valence-electron chi connectivity index (χ2n) is 4.93. The second-order valence-corrected chi connectivity index (χ2v) is 6.68. The van der Waals surface area contributed by atoms with Crippen LogP contribution in [0.2, 0.25) is 0 Å². The highest BCUT2D eigenvalue weighted by Gasteiger charge is 2.43. The molecule has 0 aliphatic carbocycles. The second kappa shape index (κ2) is 6.88. The fraction of sp³-hybridized carbons (Fsp3) is 1.00. The number of alkyl halides is 4. The lowest BCUT2D eigenvalue weighted by atomic mass is 9.98. The van der Waals surface area contributed by atoms with Gasteiger partial charge in [0.1, 0.15) is 0 Å². The predicted molar refractivity (Wildman–Crippen MR) is 64.0 cm³/mol. The molecule has 2 atom stereocenters. The molecule has 0 aliphatic heterocycles. The standard InChI is InChI=1S/C11H20F4O3S/c1-9(10(2,12)19(16,17)18)7-5-3-4-6-8-11(13,14)15/h9H,3-8H2,1-2H3,(H,16,17,18). The zero-order valence-electron chi connectivity index (χ0n) is 11.0. The summed E-state index contributed by atoms with van der Waals surface area (Å²) in [6.45, 7) is 2.14. The van der Waals surface area contributed by atoms with Crippen molar-refractivity contribution >= 4 is 10.1 Å². The van der Waals surface area contributed by atoms with Gasteiger partial charge < -0.3 is 0 Å². The molecule has 0 heterocycles. The first-order valence-electron chi connectivity index (χ1n) is 6.10. The molecule has 8 heteroatoms. The maximum atomic E-state index is 13.7. The van der Waals surface area contributed by atoms with Crippen LogP contribution in [-0.2, 0) is 10.1 Å². The Bertz CT molecular complexity index is 363. The molecule has 0 fully saturated rings. The Morgan fingerprint density at radius 1 is 1.05 bits per heavy atom. The number of unbranched alkanes of at least 4 members (excludes halogenated alkanes) is 3. The molecule has 1 N–H and O–H groups in total. The summed E-state index contributed by atoms with van der Waals surface area (Å²) in [5.74, 6) is -0.912. The monoisotopic (exact) mass is 308 g/mol. The average molecular weight is 308 g/mol. The third-order valence-electron chi connectivity index (χ3n) is 3.23. The summed E-state index contributed by atoms with van der Waals surface area (Å²) in [7, 11) is -4.78. The summed E-state index contributed by atoms with van der Waals surface area (Å²) in [5, 5.41) is -2.72. The van der Waals surface area contributed by atoms with Gasteiger partial charge >= 0.3 is 6.18 Å².